The minimum atomic E-state index is -0.194. The molecule has 0 aliphatic rings. The molecule has 0 radical (unpaired) electrons. The zero-order chi connectivity index (χ0) is 15.4. The van der Waals surface area contributed by atoms with Crippen LogP contribution in [0, 0.1) is 0 Å². The van der Waals surface area contributed by atoms with Gasteiger partial charge in [0.15, 0.2) is 11.5 Å². The summed E-state index contributed by atoms with van der Waals surface area (Å²) in [5.41, 5.74) is 0.569. The van der Waals surface area contributed by atoms with Crippen molar-refractivity contribution in [1.29, 1.82) is 0 Å². The number of nitrogens with one attached hydrogen (secondary N) is 1. The van der Waals surface area contributed by atoms with Crippen LogP contribution in [0.3, 0.4) is 0 Å². The number of carbonyl (C=O) groups excluding carboxylic acids is 1. The number of rotatable bonds is 5. The van der Waals surface area contributed by atoms with Gasteiger partial charge < -0.3 is 19.5 Å². The normalized spacial score (nSPS) is 10.1. The van der Waals surface area contributed by atoms with Crippen molar-refractivity contribution in [3.05, 3.63) is 32.9 Å². The molecule has 0 unspecified atom stereocenters. The van der Waals surface area contributed by atoms with Crippen molar-refractivity contribution < 1.29 is 19.0 Å². The molecule has 5 nitrogen and oxygen atoms in total. The minimum absolute atomic E-state index is 0.194. The summed E-state index contributed by atoms with van der Waals surface area (Å²) in [7, 11) is 4.58. The summed E-state index contributed by atoms with van der Waals surface area (Å²) in [6.07, 6.45) is 0. The SMILES string of the molecule is COc1cc(NC(=O)c2ccc(Br)s2)cc(OC)c1OC. The Hall–Kier alpha value is -1.73. The molecule has 1 aromatic carbocycles. The summed E-state index contributed by atoms with van der Waals surface area (Å²) in [5, 5.41) is 2.81. The van der Waals surface area contributed by atoms with E-state index in [4.69, 9.17) is 14.2 Å². The molecule has 1 aromatic heterocycles. The Kier molecular flexibility index (Phi) is 5.08. The molecule has 21 heavy (non-hydrogen) atoms. The van der Waals surface area contributed by atoms with E-state index in [2.05, 4.69) is 21.2 Å². The van der Waals surface area contributed by atoms with Crippen LogP contribution in [-0.4, -0.2) is 27.2 Å². The van der Waals surface area contributed by atoms with Crippen LogP contribution in [0.4, 0.5) is 5.69 Å². The van der Waals surface area contributed by atoms with Crippen LogP contribution in [0.15, 0.2) is 28.1 Å². The average Bonchev–Trinajstić information content (AvgIpc) is 2.92. The Morgan fingerprint density at radius 1 is 1.10 bits per heavy atom. The zero-order valence-corrected chi connectivity index (χ0v) is 14.1. The Balaban J connectivity index is 2.29. The first kappa shape index (κ1) is 15.7. The van der Waals surface area contributed by atoms with E-state index in [1.807, 2.05) is 6.07 Å². The summed E-state index contributed by atoms with van der Waals surface area (Å²) in [5.74, 6) is 1.26. The molecule has 2 aromatic rings. The Bertz CT molecular complexity index is 631. The standard InChI is InChI=1S/C14H14BrNO4S/c1-18-9-6-8(7-10(19-2)13(9)20-3)16-14(17)11-4-5-12(15)21-11/h4-7H,1-3H3,(H,16,17). The number of hydrogen-bond donors (Lipinski definition) is 1. The van der Waals surface area contributed by atoms with Gasteiger partial charge in [-0.15, -0.1) is 11.3 Å². The maximum Gasteiger partial charge on any atom is 0.265 e. The summed E-state index contributed by atoms with van der Waals surface area (Å²) >= 11 is 4.69. The maximum absolute atomic E-state index is 12.1. The average molecular weight is 372 g/mol. The number of benzene rings is 1. The second-order valence-corrected chi connectivity index (χ2v) is 6.43. The lowest BCUT2D eigenvalue weighted by atomic mass is 10.2. The Labute approximate surface area is 135 Å². The van der Waals surface area contributed by atoms with Crippen LogP contribution in [0.1, 0.15) is 9.67 Å². The predicted molar refractivity (Wildman–Crippen MR) is 86.1 cm³/mol. The van der Waals surface area contributed by atoms with Crippen LogP contribution in [-0.2, 0) is 0 Å². The van der Waals surface area contributed by atoms with Gasteiger partial charge >= 0.3 is 0 Å². The molecule has 0 fully saturated rings. The van der Waals surface area contributed by atoms with E-state index in [9.17, 15) is 4.79 Å². The lowest BCUT2D eigenvalue weighted by Crippen LogP contribution is -2.10. The van der Waals surface area contributed by atoms with E-state index >= 15 is 0 Å². The van der Waals surface area contributed by atoms with Gasteiger partial charge in [0, 0.05) is 17.8 Å². The van der Waals surface area contributed by atoms with Gasteiger partial charge in [0.1, 0.15) is 0 Å². The fourth-order valence-corrected chi connectivity index (χ4v) is 3.06. The molecule has 0 saturated carbocycles. The van der Waals surface area contributed by atoms with Crippen molar-refractivity contribution >= 4 is 38.9 Å². The molecule has 0 aliphatic carbocycles. The summed E-state index contributed by atoms with van der Waals surface area (Å²) in [6, 6.07) is 6.95. The highest BCUT2D eigenvalue weighted by Gasteiger charge is 2.15. The molecule has 0 saturated heterocycles. The quantitative estimate of drug-likeness (QED) is 0.868. The molecule has 2 rings (SSSR count). The van der Waals surface area contributed by atoms with Crippen LogP contribution in [0.2, 0.25) is 0 Å². The van der Waals surface area contributed by atoms with Gasteiger partial charge in [0.2, 0.25) is 5.75 Å². The van der Waals surface area contributed by atoms with Crippen molar-refractivity contribution in [2.45, 2.75) is 0 Å². The molecular weight excluding hydrogens is 358 g/mol. The molecule has 112 valence electrons. The van der Waals surface area contributed by atoms with Crippen molar-refractivity contribution in [1.82, 2.24) is 0 Å². The fourth-order valence-electron chi connectivity index (χ4n) is 1.78. The molecule has 7 heteroatoms. The molecule has 0 bridgehead atoms. The second kappa shape index (κ2) is 6.82. The summed E-state index contributed by atoms with van der Waals surface area (Å²) < 4.78 is 16.6. The second-order valence-electron chi connectivity index (χ2n) is 3.97. The number of ether oxygens (including phenoxy) is 3. The van der Waals surface area contributed by atoms with Crippen molar-refractivity contribution in [3.8, 4) is 17.2 Å². The molecule has 0 atom stereocenters. The minimum Gasteiger partial charge on any atom is -0.493 e. The number of halogens is 1. The summed E-state index contributed by atoms with van der Waals surface area (Å²) in [6.45, 7) is 0. The molecule has 0 aliphatic heterocycles. The highest BCUT2D eigenvalue weighted by molar-refractivity contribution is 9.11. The summed E-state index contributed by atoms with van der Waals surface area (Å²) in [4.78, 5) is 12.8. The third-order valence-electron chi connectivity index (χ3n) is 2.72. The van der Waals surface area contributed by atoms with E-state index in [0.717, 1.165) is 3.79 Å². The van der Waals surface area contributed by atoms with Gasteiger partial charge in [-0.1, -0.05) is 0 Å². The number of carbonyl (C=O) groups is 1. The fraction of sp³-hybridized carbons (Fsp3) is 0.214. The largest absolute Gasteiger partial charge is 0.493 e. The van der Waals surface area contributed by atoms with E-state index in [0.29, 0.717) is 27.8 Å². The molecular formula is C14H14BrNO4S. The van der Waals surface area contributed by atoms with Gasteiger partial charge in [-0.3, -0.25) is 4.79 Å². The lowest BCUT2D eigenvalue weighted by molar-refractivity contribution is 0.103. The van der Waals surface area contributed by atoms with Crippen LogP contribution >= 0.6 is 27.3 Å². The first-order valence-electron chi connectivity index (χ1n) is 5.95. The van der Waals surface area contributed by atoms with Gasteiger partial charge in [0.05, 0.1) is 30.0 Å². The number of thiophene rings is 1. The van der Waals surface area contributed by atoms with Crippen molar-refractivity contribution in [3.63, 3.8) is 0 Å². The molecule has 0 spiro atoms. The molecule has 1 heterocycles. The third-order valence-corrected chi connectivity index (χ3v) is 4.34. The van der Waals surface area contributed by atoms with Crippen molar-refractivity contribution in [2.24, 2.45) is 0 Å². The highest BCUT2D eigenvalue weighted by atomic mass is 79.9. The number of anilines is 1. The van der Waals surface area contributed by atoms with Crippen LogP contribution < -0.4 is 19.5 Å². The highest BCUT2D eigenvalue weighted by Crippen LogP contribution is 2.40. The van der Waals surface area contributed by atoms with Crippen LogP contribution in [0.5, 0.6) is 17.2 Å². The smallest absolute Gasteiger partial charge is 0.265 e. The number of amides is 1. The van der Waals surface area contributed by atoms with Crippen LogP contribution in [0.25, 0.3) is 0 Å². The molecule has 1 amide bonds. The number of hydrogen-bond acceptors (Lipinski definition) is 5. The monoisotopic (exact) mass is 371 g/mol. The van der Waals surface area contributed by atoms with Gasteiger partial charge in [-0.25, -0.2) is 0 Å². The Morgan fingerprint density at radius 3 is 2.14 bits per heavy atom. The van der Waals surface area contributed by atoms with Gasteiger partial charge in [0.25, 0.3) is 5.91 Å². The maximum atomic E-state index is 12.1. The van der Waals surface area contributed by atoms with Gasteiger partial charge in [-0.05, 0) is 28.1 Å². The Morgan fingerprint density at radius 2 is 1.71 bits per heavy atom. The zero-order valence-electron chi connectivity index (χ0n) is 11.7. The van der Waals surface area contributed by atoms with E-state index in [-0.39, 0.29) is 5.91 Å². The van der Waals surface area contributed by atoms with E-state index in [1.54, 1.807) is 18.2 Å². The third kappa shape index (κ3) is 3.48. The molecule has 1 N–H and O–H groups in total. The number of methoxy groups -OCH3 is 3. The first-order valence-corrected chi connectivity index (χ1v) is 7.56. The first-order chi connectivity index (χ1) is 10.1. The van der Waals surface area contributed by atoms with Crippen molar-refractivity contribution in [2.75, 3.05) is 26.6 Å². The van der Waals surface area contributed by atoms with Gasteiger partial charge in [-0.2, -0.15) is 0 Å². The van der Waals surface area contributed by atoms with E-state index < -0.39 is 0 Å². The lowest BCUT2D eigenvalue weighted by Gasteiger charge is -2.14. The topological polar surface area (TPSA) is 56.8 Å². The van der Waals surface area contributed by atoms with E-state index in [1.165, 1.54) is 32.7 Å². The predicted octanol–water partition coefficient (Wildman–Crippen LogP) is 3.79.